The molecule has 1 aromatic carbocycles. The van der Waals surface area contributed by atoms with Crippen molar-refractivity contribution in [3.63, 3.8) is 0 Å². The molecule has 2 heterocycles. The predicted molar refractivity (Wildman–Crippen MR) is 122 cm³/mol. The summed E-state index contributed by atoms with van der Waals surface area (Å²) in [6, 6.07) is 7.13. The second kappa shape index (κ2) is 9.73. The first kappa shape index (κ1) is 23.6. The van der Waals surface area contributed by atoms with Crippen LogP contribution >= 0.6 is 0 Å². The number of carbonyl (C=O) groups is 1. The van der Waals surface area contributed by atoms with Gasteiger partial charge in [0.1, 0.15) is 12.2 Å². The molecule has 8 heteroatoms. The van der Waals surface area contributed by atoms with E-state index in [0.717, 1.165) is 25.9 Å². The minimum absolute atomic E-state index is 0.108. The molecule has 1 aromatic heterocycles. The fourth-order valence-electron chi connectivity index (χ4n) is 5.16. The number of carbonyl (C=O) groups excluding carboxylic acids is 1. The summed E-state index contributed by atoms with van der Waals surface area (Å²) in [5.74, 6) is -0.0310. The number of nitrogens with zero attached hydrogens (tertiary/aromatic N) is 3. The number of benzene rings is 1. The van der Waals surface area contributed by atoms with Gasteiger partial charge in [-0.1, -0.05) is 32.9 Å². The summed E-state index contributed by atoms with van der Waals surface area (Å²) in [6.45, 7) is 8.46. The standard InChI is InChI=1S/C25H33FN4O3/c1-25(2,3)17-9-12-30(13-10-17)22-19(29-24(32)16-8-11-27-28-15-16)14-21(23(22)31)33-20-7-5-4-6-18(20)26/h4-8,11,15,17,19,21-23,31H,9-10,12-14H2,1-3H3,(H,29,32)/t19-,21-,22+,23+/m1/s1. The smallest absolute Gasteiger partial charge is 0.253 e. The molecule has 0 unspecified atom stereocenters. The summed E-state index contributed by atoms with van der Waals surface area (Å²) < 4.78 is 20.1. The minimum Gasteiger partial charge on any atom is -0.485 e. The molecule has 1 aliphatic heterocycles. The van der Waals surface area contributed by atoms with Gasteiger partial charge in [-0.2, -0.15) is 10.2 Å². The molecule has 178 valence electrons. The highest BCUT2D eigenvalue weighted by atomic mass is 19.1. The molecule has 1 aliphatic carbocycles. The first-order valence-corrected chi connectivity index (χ1v) is 11.6. The van der Waals surface area contributed by atoms with Crippen molar-refractivity contribution in [3.05, 3.63) is 54.1 Å². The van der Waals surface area contributed by atoms with Crippen molar-refractivity contribution in [1.82, 2.24) is 20.4 Å². The zero-order valence-corrected chi connectivity index (χ0v) is 19.4. The maximum atomic E-state index is 14.2. The Morgan fingerprint density at radius 2 is 1.91 bits per heavy atom. The van der Waals surface area contributed by atoms with Crippen molar-refractivity contribution in [2.45, 2.75) is 64.3 Å². The highest BCUT2D eigenvalue weighted by Crippen LogP contribution is 2.37. The number of halogens is 1. The van der Waals surface area contributed by atoms with E-state index in [0.29, 0.717) is 17.9 Å². The topological polar surface area (TPSA) is 87.6 Å². The first-order valence-electron chi connectivity index (χ1n) is 11.6. The number of likely N-dealkylation sites (tertiary alicyclic amines) is 1. The van der Waals surface area contributed by atoms with Crippen molar-refractivity contribution in [2.75, 3.05) is 13.1 Å². The zero-order valence-electron chi connectivity index (χ0n) is 19.4. The summed E-state index contributed by atoms with van der Waals surface area (Å²) >= 11 is 0. The zero-order chi connectivity index (χ0) is 23.6. The number of ether oxygens (including phenoxy) is 1. The van der Waals surface area contributed by atoms with E-state index in [1.807, 2.05) is 0 Å². The van der Waals surface area contributed by atoms with Crippen molar-refractivity contribution < 1.29 is 19.0 Å². The van der Waals surface area contributed by atoms with Gasteiger partial charge in [-0.3, -0.25) is 9.69 Å². The number of rotatable bonds is 5. The summed E-state index contributed by atoms with van der Waals surface area (Å²) in [7, 11) is 0. The number of hydrogen-bond acceptors (Lipinski definition) is 6. The molecule has 2 aliphatic rings. The molecule has 1 saturated carbocycles. The highest BCUT2D eigenvalue weighted by Gasteiger charge is 2.48. The number of piperidine rings is 1. The fourth-order valence-corrected chi connectivity index (χ4v) is 5.16. The van der Waals surface area contributed by atoms with E-state index in [1.54, 1.807) is 24.3 Å². The van der Waals surface area contributed by atoms with Crippen molar-refractivity contribution in [1.29, 1.82) is 0 Å². The quantitative estimate of drug-likeness (QED) is 0.719. The lowest BCUT2D eigenvalue weighted by Gasteiger charge is -2.43. The molecular formula is C25H33FN4O3. The van der Waals surface area contributed by atoms with E-state index in [-0.39, 0.29) is 29.2 Å². The Balaban J connectivity index is 1.52. The van der Waals surface area contributed by atoms with Crippen LogP contribution in [0.1, 0.15) is 50.4 Å². The van der Waals surface area contributed by atoms with Gasteiger partial charge >= 0.3 is 0 Å². The Labute approximate surface area is 194 Å². The molecule has 33 heavy (non-hydrogen) atoms. The maximum Gasteiger partial charge on any atom is 0.253 e. The molecule has 0 bridgehead atoms. The fraction of sp³-hybridized carbons (Fsp3) is 0.560. The van der Waals surface area contributed by atoms with E-state index < -0.39 is 18.0 Å². The number of amides is 1. The van der Waals surface area contributed by atoms with Crippen LogP contribution in [-0.4, -0.2) is 63.5 Å². The van der Waals surface area contributed by atoms with Crippen LogP contribution in [0.4, 0.5) is 4.39 Å². The van der Waals surface area contributed by atoms with Crippen LogP contribution in [-0.2, 0) is 0 Å². The summed E-state index contributed by atoms with van der Waals surface area (Å²) in [5.41, 5.74) is 0.641. The Kier molecular flexibility index (Phi) is 6.95. The Morgan fingerprint density at radius 3 is 2.55 bits per heavy atom. The Hall–Kier alpha value is -2.58. The molecule has 4 atom stereocenters. The van der Waals surface area contributed by atoms with E-state index in [4.69, 9.17) is 4.74 Å². The van der Waals surface area contributed by atoms with Gasteiger partial charge in [-0.25, -0.2) is 4.39 Å². The highest BCUT2D eigenvalue weighted by molar-refractivity contribution is 5.94. The second-order valence-corrected chi connectivity index (χ2v) is 10.2. The van der Waals surface area contributed by atoms with Gasteiger partial charge in [0.25, 0.3) is 5.91 Å². The van der Waals surface area contributed by atoms with Crippen LogP contribution in [0.5, 0.6) is 5.75 Å². The van der Waals surface area contributed by atoms with E-state index in [1.165, 1.54) is 18.5 Å². The molecule has 0 radical (unpaired) electrons. The maximum absolute atomic E-state index is 14.2. The molecular weight excluding hydrogens is 423 g/mol. The third kappa shape index (κ3) is 5.33. The van der Waals surface area contributed by atoms with Gasteiger partial charge < -0.3 is 15.2 Å². The molecule has 4 rings (SSSR count). The lowest BCUT2D eigenvalue weighted by Crippen LogP contribution is -2.56. The van der Waals surface area contributed by atoms with Crippen LogP contribution in [0.15, 0.2) is 42.7 Å². The lowest BCUT2D eigenvalue weighted by molar-refractivity contribution is -0.0115. The molecule has 1 saturated heterocycles. The molecule has 2 aromatic rings. The normalized spacial score (nSPS) is 26.8. The number of nitrogens with one attached hydrogen (secondary N) is 1. The number of aliphatic hydroxyl groups excluding tert-OH is 1. The van der Waals surface area contributed by atoms with Crippen LogP contribution < -0.4 is 10.1 Å². The van der Waals surface area contributed by atoms with Crippen LogP contribution in [0.3, 0.4) is 0 Å². The van der Waals surface area contributed by atoms with Crippen molar-refractivity contribution in [2.24, 2.45) is 11.3 Å². The lowest BCUT2D eigenvalue weighted by atomic mass is 9.75. The van der Waals surface area contributed by atoms with Crippen LogP contribution in [0.2, 0.25) is 0 Å². The van der Waals surface area contributed by atoms with Gasteiger partial charge in [-0.15, -0.1) is 0 Å². The molecule has 7 nitrogen and oxygen atoms in total. The van der Waals surface area contributed by atoms with E-state index in [2.05, 4.69) is 41.2 Å². The Morgan fingerprint density at radius 1 is 1.18 bits per heavy atom. The average Bonchev–Trinajstić information content (AvgIpc) is 3.10. The van der Waals surface area contributed by atoms with Gasteiger partial charge in [0.2, 0.25) is 0 Å². The van der Waals surface area contributed by atoms with E-state index in [9.17, 15) is 14.3 Å². The summed E-state index contributed by atoms with van der Waals surface area (Å²) in [5, 5.41) is 21.8. The second-order valence-electron chi connectivity index (χ2n) is 10.2. The number of aliphatic hydroxyl groups is 1. The number of aromatic nitrogens is 2. The summed E-state index contributed by atoms with van der Waals surface area (Å²) in [6.07, 6.45) is 3.82. The monoisotopic (exact) mass is 456 g/mol. The van der Waals surface area contributed by atoms with Crippen molar-refractivity contribution in [3.8, 4) is 5.75 Å². The largest absolute Gasteiger partial charge is 0.485 e. The molecule has 0 spiro atoms. The third-order valence-corrected chi connectivity index (χ3v) is 7.08. The van der Waals surface area contributed by atoms with Gasteiger partial charge in [0, 0.05) is 6.42 Å². The first-order chi connectivity index (χ1) is 15.7. The summed E-state index contributed by atoms with van der Waals surface area (Å²) in [4.78, 5) is 15.1. The SMILES string of the molecule is CC(C)(C)C1CCN([C@@H]2[C@@H](O)[C@H](Oc3ccccc3F)C[C@H]2NC(=O)c2ccnnc2)CC1. The van der Waals surface area contributed by atoms with Crippen LogP contribution in [0.25, 0.3) is 0 Å². The van der Waals surface area contributed by atoms with E-state index >= 15 is 0 Å². The average molecular weight is 457 g/mol. The molecule has 2 N–H and O–H groups in total. The Bertz CT molecular complexity index is 944. The van der Waals surface area contributed by atoms with Gasteiger partial charge in [0.05, 0.1) is 30.0 Å². The van der Waals surface area contributed by atoms with Crippen molar-refractivity contribution >= 4 is 5.91 Å². The van der Waals surface area contributed by atoms with Gasteiger partial charge in [-0.05, 0) is 55.5 Å². The predicted octanol–water partition coefficient (Wildman–Crippen LogP) is 3.05. The number of para-hydroxylation sites is 1. The minimum atomic E-state index is -0.864. The molecule has 1 amide bonds. The van der Waals surface area contributed by atoms with Gasteiger partial charge in [0.15, 0.2) is 11.6 Å². The van der Waals surface area contributed by atoms with Crippen LogP contribution in [0, 0.1) is 17.2 Å². The number of hydrogen-bond donors (Lipinski definition) is 2. The molecule has 2 fully saturated rings. The third-order valence-electron chi connectivity index (χ3n) is 7.08.